The third-order valence-electron chi connectivity index (χ3n) is 3.21. The number of nitrogens with one attached hydrogen (secondary N) is 1. The normalized spacial score (nSPS) is 13.9. The molecule has 0 unspecified atom stereocenters. The molecule has 2 heteroatoms. The van der Waals surface area contributed by atoms with E-state index in [0.717, 1.165) is 13.1 Å². The van der Waals surface area contributed by atoms with Gasteiger partial charge in [-0.1, -0.05) is 18.1 Å². The highest BCUT2D eigenvalue weighted by Gasteiger charge is 2.13. The Kier molecular flexibility index (Phi) is 4.06. The molecule has 1 aromatic rings. The number of fused-ring (bicyclic) bond motifs is 1. The minimum atomic E-state index is 0.771. The zero-order chi connectivity index (χ0) is 12.1. The van der Waals surface area contributed by atoms with E-state index in [1.165, 1.54) is 36.2 Å². The Morgan fingerprint density at radius 2 is 2.29 bits per heavy atom. The molecule has 2 rings (SSSR count). The lowest BCUT2D eigenvalue weighted by Gasteiger charge is -2.27. The Hall–Kier alpha value is -1.46. The van der Waals surface area contributed by atoms with Gasteiger partial charge in [0, 0.05) is 25.8 Å². The molecule has 1 aliphatic rings. The SMILES string of the molecule is CC#CCNCc1ccc2c(c1)CCCN2C. The van der Waals surface area contributed by atoms with Crippen molar-refractivity contribution in [1.82, 2.24) is 5.32 Å². The maximum Gasteiger partial charge on any atom is 0.0578 e. The van der Waals surface area contributed by atoms with Crippen LogP contribution in [0.5, 0.6) is 0 Å². The molecule has 0 aromatic heterocycles. The van der Waals surface area contributed by atoms with Crippen LogP contribution in [0.3, 0.4) is 0 Å². The summed E-state index contributed by atoms with van der Waals surface area (Å²) in [5, 5.41) is 3.33. The summed E-state index contributed by atoms with van der Waals surface area (Å²) in [5.41, 5.74) is 4.24. The summed E-state index contributed by atoms with van der Waals surface area (Å²) in [6.45, 7) is 4.73. The third kappa shape index (κ3) is 3.01. The van der Waals surface area contributed by atoms with Crippen LogP contribution >= 0.6 is 0 Å². The standard InChI is InChI=1S/C15H20N2/c1-3-4-9-16-12-13-7-8-15-14(11-13)6-5-10-17(15)2/h7-8,11,16H,5-6,9-10,12H2,1-2H3. The molecule has 0 spiro atoms. The van der Waals surface area contributed by atoms with Crippen LogP contribution in [0.25, 0.3) is 0 Å². The summed E-state index contributed by atoms with van der Waals surface area (Å²) >= 11 is 0. The average molecular weight is 228 g/mol. The summed E-state index contributed by atoms with van der Waals surface area (Å²) < 4.78 is 0. The zero-order valence-electron chi connectivity index (χ0n) is 10.7. The minimum Gasteiger partial charge on any atom is -0.374 e. The maximum atomic E-state index is 3.33. The molecule has 2 nitrogen and oxygen atoms in total. The van der Waals surface area contributed by atoms with Crippen molar-refractivity contribution in [2.24, 2.45) is 0 Å². The summed E-state index contributed by atoms with van der Waals surface area (Å²) in [5.74, 6) is 5.91. The molecule has 1 heterocycles. The average Bonchev–Trinajstić information content (AvgIpc) is 2.35. The van der Waals surface area contributed by atoms with Gasteiger partial charge in [-0.3, -0.25) is 0 Å². The first kappa shape index (κ1) is 12.0. The molecule has 1 N–H and O–H groups in total. The summed E-state index contributed by atoms with van der Waals surface area (Å²) in [4.78, 5) is 2.35. The Morgan fingerprint density at radius 3 is 3.12 bits per heavy atom. The predicted octanol–water partition coefficient (Wildman–Crippen LogP) is 2.18. The fourth-order valence-electron chi connectivity index (χ4n) is 2.31. The number of benzene rings is 1. The lowest BCUT2D eigenvalue weighted by atomic mass is 9.99. The van der Waals surface area contributed by atoms with Crippen molar-refractivity contribution in [2.75, 3.05) is 25.0 Å². The van der Waals surface area contributed by atoms with Crippen molar-refractivity contribution in [3.8, 4) is 11.8 Å². The highest BCUT2D eigenvalue weighted by molar-refractivity contribution is 5.56. The van der Waals surface area contributed by atoms with Crippen LogP contribution in [-0.4, -0.2) is 20.1 Å². The quantitative estimate of drug-likeness (QED) is 0.630. The Bertz CT molecular complexity index is 440. The molecule has 0 aliphatic carbocycles. The number of aryl methyl sites for hydroxylation is 1. The van der Waals surface area contributed by atoms with E-state index in [4.69, 9.17) is 0 Å². The van der Waals surface area contributed by atoms with Crippen molar-refractivity contribution in [3.63, 3.8) is 0 Å². The maximum absolute atomic E-state index is 3.33. The van der Waals surface area contributed by atoms with Gasteiger partial charge in [-0.25, -0.2) is 0 Å². The summed E-state index contributed by atoms with van der Waals surface area (Å²) in [6, 6.07) is 6.79. The molecule has 0 bridgehead atoms. The fourth-order valence-corrected chi connectivity index (χ4v) is 2.31. The minimum absolute atomic E-state index is 0.771. The third-order valence-corrected chi connectivity index (χ3v) is 3.21. The first-order valence-electron chi connectivity index (χ1n) is 6.24. The second-order valence-corrected chi connectivity index (χ2v) is 4.52. The van der Waals surface area contributed by atoms with E-state index in [1.54, 1.807) is 0 Å². The molecule has 0 atom stereocenters. The number of rotatable bonds is 3. The van der Waals surface area contributed by atoms with Crippen molar-refractivity contribution < 1.29 is 0 Å². The van der Waals surface area contributed by atoms with Crippen LogP contribution in [0, 0.1) is 11.8 Å². The van der Waals surface area contributed by atoms with E-state index in [-0.39, 0.29) is 0 Å². The first-order valence-corrected chi connectivity index (χ1v) is 6.24. The molecule has 1 aliphatic heterocycles. The van der Waals surface area contributed by atoms with Gasteiger partial charge in [0.25, 0.3) is 0 Å². The summed E-state index contributed by atoms with van der Waals surface area (Å²) in [7, 11) is 2.17. The Labute approximate surface area is 104 Å². The Morgan fingerprint density at radius 1 is 1.41 bits per heavy atom. The van der Waals surface area contributed by atoms with E-state index < -0.39 is 0 Å². The van der Waals surface area contributed by atoms with E-state index >= 15 is 0 Å². The van der Waals surface area contributed by atoms with Crippen molar-refractivity contribution >= 4 is 5.69 Å². The Balaban J connectivity index is 2.02. The number of nitrogens with zero attached hydrogens (tertiary/aromatic N) is 1. The van der Waals surface area contributed by atoms with E-state index in [1.807, 2.05) is 6.92 Å². The lowest BCUT2D eigenvalue weighted by molar-refractivity contribution is 0.734. The first-order chi connectivity index (χ1) is 8.31. The molecular weight excluding hydrogens is 208 g/mol. The molecule has 1 aromatic carbocycles. The van der Waals surface area contributed by atoms with E-state index in [0.29, 0.717) is 0 Å². The monoisotopic (exact) mass is 228 g/mol. The number of anilines is 1. The lowest BCUT2D eigenvalue weighted by Crippen LogP contribution is -2.24. The topological polar surface area (TPSA) is 15.3 Å². The number of hydrogen-bond donors (Lipinski definition) is 1. The zero-order valence-corrected chi connectivity index (χ0v) is 10.7. The van der Waals surface area contributed by atoms with Crippen molar-refractivity contribution in [3.05, 3.63) is 29.3 Å². The van der Waals surface area contributed by atoms with Gasteiger partial charge < -0.3 is 10.2 Å². The molecular formula is C15H20N2. The van der Waals surface area contributed by atoms with Gasteiger partial charge in [0.2, 0.25) is 0 Å². The highest BCUT2D eigenvalue weighted by atomic mass is 15.1. The van der Waals surface area contributed by atoms with Gasteiger partial charge in [0.1, 0.15) is 0 Å². The van der Waals surface area contributed by atoms with Crippen molar-refractivity contribution in [1.29, 1.82) is 0 Å². The smallest absolute Gasteiger partial charge is 0.0578 e. The number of hydrogen-bond acceptors (Lipinski definition) is 2. The molecule has 0 saturated carbocycles. The van der Waals surface area contributed by atoms with Crippen LogP contribution in [0.1, 0.15) is 24.5 Å². The van der Waals surface area contributed by atoms with Gasteiger partial charge >= 0.3 is 0 Å². The highest BCUT2D eigenvalue weighted by Crippen LogP contribution is 2.26. The van der Waals surface area contributed by atoms with Crippen LogP contribution in [0.2, 0.25) is 0 Å². The van der Waals surface area contributed by atoms with Gasteiger partial charge in [0.05, 0.1) is 6.54 Å². The van der Waals surface area contributed by atoms with Gasteiger partial charge in [-0.05, 0) is 37.0 Å². The van der Waals surface area contributed by atoms with Gasteiger partial charge in [0.15, 0.2) is 0 Å². The van der Waals surface area contributed by atoms with Crippen LogP contribution < -0.4 is 10.2 Å². The second kappa shape index (κ2) is 5.75. The molecule has 0 radical (unpaired) electrons. The predicted molar refractivity (Wildman–Crippen MR) is 73.2 cm³/mol. The van der Waals surface area contributed by atoms with Crippen LogP contribution in [0.15, 0.2) is 18.2 Å². The molecule has 90 valence electrons. The van der Waals surface area contributed by atoms with E-state index in [2.05, 4.69) is 47.3 Å². The van der Waals surface area contributed by atoms with Gasteiger partial charge in [-0.15, -0.1) is 5.92 Å². The van der Waals surface area contributed by atoms with Crippen molar-refractivity contribution in [2.45, 2.75) is 26.3 Å². The molecule has 17 heavy (non-hydrogen) atoms. The molecule has 0 fully saturated rings. The van der Waals surface area contributed by atoms with Crippen LogP contribution in [-0.2, 0) is 13.0 Å². The van der Waals surface area contributed by atoms with Crippen LogP contribution in [0.4, 0.5) is 5.69 Å². The molecule has 0 saturated heterocycles. The fraction of sp³-hybridized carbons (Fsp3) is 0.467. The van der Waals surface area contributed by atoms with E-state index in [9.17, 15) is 0 Å². The second-order valence-electron chi connectivity index (χ2n) is 4.52. The largest absolute Gasteiger partial charge is 0.374 e. The van der Waals surface area contributed by atoms with Gasteiger partial charge in [-0.2, -0.15) is 0 Å². The molecule has 0 amide bonds. The summed E-state index contributed by atoms with van der Waals surface area (Å²) in [6.07, 6.45) is 2.48.